The molecule has 0 aromatic heterocycles. The molecule has 1 saturated heterocycles. The van der Waals surface area contributed by atoms with E-state index < -0.39 is 0 Å². The van der Waals surface area contributed by atoms with Crippen LogP contribution in [0.15, 0.2) is 12.1 Å². The minimum atomic E-state index is -0.113. The van der Waals surface area contributed by atoms with Gasteiger partial charge in [0.1, 0.15) is 0 Å². The Bertz CT molecular complexity index is 432. The highest BCUT2D eigenvalue weighted by molar-refractivity contribution is 6.33. The van der Waals surface area contributed by atoms with Crippen molar-refractivity contribution in [2.24, 2.45) is 0 Å². The third-order valence-electron chi connectivity index (χ3n) is 3.08. The largest absolute Gasteiger partial charge is 0.398 e. The van der Waals surface area contributed by atoms with Crippen molar-refractivity contribution in [3.05, 3.63) is 22.7 Å². The molecule has 0 bridgehead atoms. The maximum atomic E-state index is 6.09. The minimum absolute atomic E-state index is 0.113. The van der Waals surface area contributed by atoms with E-state index in [9.17, 15) is 0 Å². The number of hydrogen-bond acceptors (Lipinski definition) is 3. The summed E-state index contributed by atoms with van der Waals surface area (Å²) in [4.78, 5) is 2.31. The van der Waals surface area contributed by atoms with E-state index in [1.807, 2.05) is 12.1 Å². The Hall–Kier alpha value is -0.930. The van der Waals surface area contributed by atoms with Crippen molar-refractivity contribution in [2.45, 2.75) is 26.4 Å². The van der Waals surface area contributed by atoms with Gasteiger partial charge >= 0.3 is 0 Å². The van der Waals surface area contributed by atoms with Crippen LogP contribution in [0, 0.1) is 6.92 Å². The highest BCUT2D eigenvalue weighted by Gasteiger charge is 2.28. The van der Waals surface area contributed by atoms with Gasteiger partial charge in [-0.05, 0) is 38.5 Å². The zero-order valence-corrected chi connectivity index (χ0v) is 11.3. The summed E-state index contributed by atoms with van der Waals surface area (Å²) in [6.07, 6.45) is 0. The topological polar surface area (TPSA) is 38.5 Å². The predicted octanol–water partition coefficient (Wildman–Crippen LogP) is 2.85. The summed E-state index contributed by atoms with van der Waals surface area (Å²) in [6, 6.07) is 3.88. The van der Waals surface area contributed by atoms with E-state index in [1.54, 1.807) is 0 Å². The van der Waals surface area contributed by atoms with Crippen LogP contribution in [0.1, 0.15) is 19.4 Å². The lowest BCUT2D eigenvalue weighted by molar-refractivity contribution is -0.0277. The first-order valence-corrected chi connectivity index (χ1v) is 6.21. The number of benzene rings is 1. The maximum Gasteiger partial charge on any atom is 0.0801 e. The number of nitrogens with zero attached hydrogens (tertiary/aromatic N) is 1. The van der Waals surface area contributed by atoms with Crippen molar-refractivity contribution < 1.29 is 4.74 Å². The molecular weight excluding hydrogens is 236 g/mol. The molecule has 1 aliphatic heterocycles. The Balaban J connectivity index is 2.31. The number of aryl methyl sites for hydroxylation is 1. The lowest BCUT2D eigenvalue weighted by atomic mass is 10.1. The monoisotopic (exact) mass is 254 g/mol. The van der Waals surface area contributed by atoms with Crippen molar-refractivity contribution in [1.82, 2.24) is 0 Å². The smallest absolute Gasteiger partial charge is 0.0801 e. The molecule has 1 heterocycles. The van der Waals surface area contributed by atoms with Crippen molar-refractivity contribution in [2.75, 3.05) is 30.3 Å². The molecule has 0 spiro atoms. The van der Waals surface area contributed by atoms with Crippen LogP contribution in [0.25, 0.3) is 0 Å². The number of morpholine rings is 1. The van der Waals surface area contributed by atoms with Gasteiger partial charge in [0, 0.05) is 18.8 Å². The predicted molar refractivity (Wildman–Crippen MR) is 72.8 cm³/mol. The van der Waals surface area contributed by atoms with Gasteiger partial charge in [-0.2, -0.15) is 0 Å². The Morgan fingerprint density at radius 2 is 2.12 bits per heavy atom. The second-order valence-corrected chi connectivity index (χ2v) is 5.60. The van der Waals surface area contributed by atoms with Gasteiger partial charge in [0.25, 0.3) is 0 Å². The van der Waals surface area contributed by atoms with Gasteiger partial charge in [-0.25, -0.2) is 0 Å². The third kappa shape index (κ3) is 2.67. The first kappa shape index (κ1) is 12.5. The molecule has 0 amide bonds. The molecule has 0 aliphatic carbocycles. The zero-order chi connectivity index (χ0) is 12.6. The summed E-state index contributed by atoms with van der Waals surface area (Å²) >= 11 is 6.09. The number of nitrogen functional groups attached to an aromatic ring is 1. The van der Waals surface area contributed by atoms with Crippen LogP contribution in [-0.2, 0) is 4.74 Å². The van der Waals surface area contributed by atoms with E-state index in [4.69, 9.17) is 22.1 Å². The quantitative estimate of drug-likeness (QED) is 0.784. The van der Waals surface area contributed by atoms with Gasteiger partial charge in [-0.15, -0.1) is 0 Å². The number of anilines is 2. The Labute approximate surface area is 107 Å². The van der Waals surface area contributed by atoms with Crippen LogP contribution in [-0.4, -0.2) is 25.3 Å². The molecule has 94 valence electrons. The summed E-state index contributed by atoms with van der Waals surface area (Å²) in [7, 11) is 0. The molecule has 1 aromatic carbocycles. The normalized spacial score (nSPS) is 19.4. The van der Waals surface area contributed by atoms with Crippen molar-refractivity contribution in [3.8, 4) is 0 Å². The van der Waals surface area contributed by atoms with Gasteiger partial charge in [-0.3, -0.25) is 0 Å². The highest BCUT2D eigenvalue weighted by Crippen LogP contribution is 2.31. The fourth-order valence-corrected chi connectivity index (χ4v) is 2.41. The fraction of sp³-hybridized carbons (Fsp3) is 0.538. The Morgan fingerprint density at radius 1 is 1.41 bits per heavy atom. The lowest BCUT2D eigenvalue weighted by Gasteiger charge is -2.40. The first-order chi connectivity index (χ1) is 7.89. The van der Waals surface area contributed by atoms with E-state index in [2.05, 4.69) is 25.7 Å². The second-order valence-electron chi connectivity index (χ2n) is 5.19. The molecule has 1 aromatic rings. The van der Waals surface area contributed by atoms with E-state index in [1.165, 1.54) is 0 Å². The van der Waals surface area contributed by atoms with Crippen molar-refractivity contribution >= 4 is 23.0 Å². The summed E-state index contributed by atoms with van der Waals surface area (Å²) < 4.78 is 5.71. The van der Waals surface area contributed by atoms with Crippen LogP contribution in [0.2, 0.25) is 5.02 Å². The molecular formula is C13H19ClN2O. The lowest BCUT2D eigenvalue weighted by Crippen LogP contribution is -2.48. The molecule has 2 rings (SSSR count). The maximum absolute atomic E-state index is 6.09. The number of hydrogen-bond donors (Lipinski definition) is 1. The molecule has 0 saturated carbocycles. The molecule has 0 unspecified atom stereocenters. The highest BCUT2D eigenvalue weighted by atomic mass is 35.5. The van der Waals surface area contributed by atoms with Gasteiger partial charge in [0.05, 0.1) is 22.9 Å². The second kappa shape index (κ2) is 4.39. The molecule has 4 heteroatoms. The van der Waals surface area contributed by atoms with Crippen LogP contribution >= 0.6 is 11.6 Å². The standard InChI is InChI=1S/C13H19ClN2O/c1-9-6-11(15)10(14)7-12(9)16-4-5-17-13(2,3)8-16/h6-7H,4-5,8,15H2,1-3H3. The summed E-state index contributed by atoms with van der Waals surface area (Å²) in [5.41, 5.74) is 8.63. The summed E-state index contributed by atoms with van der Waals surface area (Å²) in [5, 5.41) is 0.620. The summed E-state index contributed by atoms with van der Waals surface area (Å²) in [5.74, 6) is 0. The van der Waals surface area contributed by atoms with E-state index >= 15 is 0 Å². The summed E-state index contributed by atoms with van der Waals surface area (Å²) in [6.45, 7) is 8.78. The van der Waals surface area contributed by atoms with E-state index in [0.29, 0.717) is 10.7 Å². The fourth-order valence-electron chi connectivity index (χ4n) is 2.26. The van der Waals surface area contributed by atoms with Crippen molar-refractivity contribution in [1.29, 1.82) is 0 Å². The molecule has 1 fully saturated rings. The Kier molecular flexibility index (Phi) is 3.23. The van der Waals surface area contributed by atoms with Crippen LogP contribution in [0.4, 0.5) is 11.4 Å². The zero-order valence-electron chi connectivity index (χ0n) is 10.6. The SMILES string of the molecule is Cc1cc(N)c(Cl)cc1N1CCOC(C)(C)C1. The van der Waals surface area contributed by atoms with Crippen LogP contribution in [0.3, 0.4) is 0 Å². The number of rotatable bonds is 1. The van der Waals surface area contributed by atoms with Gasteiger partial charge < -0.3 is 15.4 Å². The van der Waals surface area contributed by atoms with E-state index in [-0.39, 0.29) is 5.60 Å². The van der Waals surface area contributed by atoms with Gasteiger partial charge in [0.15, 0.2) is 0 Å². The average Bonchev–Trinajstić information content (AvgIpc) is 2.22. The molecule has 2 N–H and O–H groups in total. The molecule has 1 aliphatic rings. The Morgan fingerprint density at radius 3 is 2.76 bits per heavy atom. The average molecular weight is 255 g/mol. The third-order valence-corrected chi connectivity index (χ3v) is 3.41. The first-order valence-electron chi connectivity index (χ1n) is 5.83. The van der Waals surface area contributed by atoms with Gasteiger partial charge in [0.2, 0.25) is 0 Å². The number of nitrogens with two attached hydrogens (primary N) is 1. The molecule has 0 atom stereocenters. The molecule has 17 heavy (non-hydrogen) atoms. The van der Waals surface area contributed by atoms with Gasteiger partial charge in [-0.1, -0.05) is 11.6 Å². The molecule has 0 radical (unpaired) electrons. The van der Waals surface area contributed by atoms with Crippen molar-refractivity contribution in [3.63, 3.8) is 0 Å². The number of halogens is 1. The van der Waals surface area contributed by atoms with Crippen LogP contribution < -0.4 is 10.6 Å². The minimum Gasteiger partial charge on any atom is -0.398 e. The number of ether oxygens (including phenoxy) is 1. The van der Waals surface area contributed by atoms with Crippen LogP contribution in [0.5, 0.6) is 0 Å². The van der Waals surface area contributed by atoms with E-state index in [0.717, 1.165) is 30.9 Å². The molecule has 3 nitrogen and oxygen atoms in total.